The molecule has 1 rings (SSSR count). The fourth-order valence-corrected chi connectivity index (χ4v) is 1.73. The molecule has 0 saturated heterocycles. The van der Waals surface area contributed by atoms with Gasteiger partial charge in [-0.25, -0.2) is 0 Å². The van der Waals surface area contributed by atoms with Gasteiger partial charge in [-0.05, 0) is 19.1 Å². The molecule has 0 unspecified atom stereocenters. The number of hydrogen-bond donors (Lipinski definition) is 2. The van der Waals surface area contributed by atoms with Crippen LogP contribution in [0.15, 0.2) is 24.3 Å². The van der Waals surface area contributed by atoms with Crippen LogP contribution in [0.3, 0.4) is 0 Å². The van der Waals surface area contributed by atoms with Crippen LogP contribution in [0.5, 0.6) is 5.75 Å². The first-order chi connectivity index (χ1) is 9.60. The highest BCUT2D eigenvalue weighted by Gasteiger charge is 2.14. The van der Waals surface area contributed by atoms with E-state index in [2.05, 4.69) is 5.32 Å². The molecule has 0 aliphatic carbocycles. The molecule has 1 aromatic carbocycles. The van der Waals surface area contributed by atoms with Crippen molar-refractivity contribution in [1.29, 1.82) is 0 Å². The molecule has 0 bridgehead atoms. The van der Waals surface area contributed by atoms with Gasteiger partial charge in [-0.3, -0.25) is 9.59 Å². The van der Waals surface area contributed by atoms with E-state index in [0.717, 1.165) is 0 Å². The molecule has 0 atom stereocenters. The van der Waals surface area contributed by atoms with E-state index in [4.69, 9.17) is 10.5 Å². The standard InChI is InChI=1S/C14H21N3O3/c1-3-17(14(19)7-8-15)10-13(18)16-11-5-4-6-12(9-11)20-2/h4-6,9H,3,7-8,10,15H2,1-2H3,(H,16,18). The number of rotatable bonds is 7. The molecule has 20 heavy (non-hydrogen) atoms. The van der Waals surface area contributed by atoms with E-state index in [9.17, 15) is 9.59 Å². The molecule has 6 heteroatoms. The van der Waals surface area contributed by atoms with E-state index in [1.807, 2.05) is 6.92 Å². The zero-order valence-electron chi connectivity index (χ0n) is 11.9. The van der Waals surface area contributed by atoms with Gasteiger partial charge in [0.1, 0.15) is 5.75 Å². The molecule has 0 aliphatic heterocycles. The molecule has 2 amide bonds. The Kier molecular flexibility index (Phi) is 6.52. The van der Waals surface area contributed by atoms with Crippen molar-refractivity contribution in [2.24, 2.45) is 5.73 Å². The Hall–Kier alpha value is -2.08. The minimum atomic E-state index is -0.245. The molecule has 110 valence electrons. The molecule has 0 spiro atoms. The van der Waals surface area contributed by atoms with E-state index >= 15 is 0 Å². The highest BCUT2D eigenvalue weighted by atomic mass is 16.5. The number of carbonyl (C=O) groups excluding carboxylic acids is 2. The lowest BCUT2D eigenvalue weighted by Gasteiger charge is -2.20. The summed E-state index contributed by atoms with van der Waals surface area (Å²) in [4.78, 5) is 25.1. The molecule has 0 radical (unpaired) electrons. The van der Waals surface area contributed by atoms with Gasteiger partial charge in [0.15, 0.2) is 0 Å². The molecule has 0 fully saturated rings. The lowest BCUT2D eigenvalue weighted by molar-refractivity contribution is -0.134. The van der Waals surface area contributed by atoms with Gasteiger partial charge < -0.3 is 20.7 Å². The van der Waals surface area contributed by atoms with Crippen molar-refractivity contribution in [3.05, 3.63) is 24.3 Å². The zero-order chi connectivity index (χ0) is 15.0. The summed E-state index contributed by atoms with van der Waals surface area (Å²) in [7, 11) is 1.56. The Morgan fingerprint density at radius 3 is 2.75 bits per heavy atom. The third kappa shape index (κ3) is 4.89. The van der Waals surface area contributed by atoms with Gasteiger partial charge in [0, 0.05) is 31.3 Å². The molecule has 6 nitrogen and oxygen atoms in total. The summed E-state index contributed by atoms with van der Waals surface area (Å²) in [6.45, 7) is 2.61. The quantitative estimate of drug-likeness (QED) is 0.774. The van der Waals surface area contributed by atoms with E-state index in [1.165, 1.54) is 4.90 Å². The largest absolute Gasteiger partial charge is 0.497 e. The van der Waals surface area contributed by atoms with E-state index in [1.54, 1.807) is 31.4 Å². The van der Waals surface area contributed by atoms with Crippen LogP contribution in [-0.2, 0) is 9.59 Å². The first kappa shape index (κ1) is 16.0. The second-order valence-corrected chi connectivity index (χ2v) is 4.23. The summed E-state index contributed by atoms with van der Waals surface area (Å²) in [6, 6.07) is 7.05. The van der Waals surface area contributed by atoms with Gasteiger partial charge in [-0.2, -0.15) is 0 Å². The average molecular weight is 279 g/mol. The van der Waals surface area contributed by atoms with Crippen molar-refractivity contribution in [1.82, 2.24) is 4.90 Å². The summed E-state index contributed by atoms with van der Waals surface area (Å²) in [5.74, 6) is 0.302. The van der Waals surface area contributed by atoms with Gasteiger partial charge in [-0.15, -0.1) is 0 Å². The molecule has 3 N–H and O–H groups in total. The zero-order valence-corrected chi connectivity index (χ0v) is 11.9. The van der Waals surface area contributed by atoms with Crippen molar-refractivity contribution < 1.29 is 14.3 Å². The summed E-state index contributed by atoms with van der Waals surface area (Å²) in [5.41, 5.74) is 5.98. The fourth-order valence-electron chi connectivity index (χ4n) is 1.73. The maximum Gasteiger partial charge on any atom is 0.243 e. The number of anilines is 1. The van der Waals surface area contributed by atoms with Crippen LogP contribution < -0.4 is 15.8 Å². The van der Waals surface area contributed by atoms with Gasteiger partial charge in [0.2, 0.25) is 11.8 Å². The monoisotopic (exact) mass is 279 g/mol. The Bertz CT molecular complexity index is 463. The van der Waals surface area contributed by atoms with Crippen molar-refractivity contribution in [2.45, 2.75) is 13.3 Å². The minimum absolute atomic E-state index is 0.0204. The normalized spacial score (nSPS) is 9.95. The second-order valence-electron chi connectivity index (χ2n) is 4.23. The van der Waals surface area contributed by atoms with E-state index < -0.39 is 0 Å². The van der Waals surface area contributed by atoms with Crippen LogP contribution in [0.1, 0.15) is 13.3 Å². The van der Waals surface area contributed by atoms with E-state index in [0.29, 0.717) is 18.0 Å². The predicted molar refractivity (Wildman–Crippen MR) is 77.5 cm³/mol. The summed E-state index contributed by atoms with van der Waals surface area (Å²) >= 11 is 0. The number of amides is 2. The van der Waals surface area contributed by atoms with Crippen LogP contribution in [-0.4, -0.2) is 43.5 Å². The number of nitrogens with one attached hydrogen (secondary N) is 1. The maximum atomic E-state index is 11.9. The van der Waals surface area contributed by atoms with Crippen molar-refractivity contribution in [3.8, 4) is 5.75 Å². The number of benzene rings is 1. The van der Waals surface area contributed by atoms with Crippen LogP contribution in [0.4, 0.5) is 5.69 Å². The first-order valence-corrected chi connectivity index (χ1v) is 6.52. The highest BCUT2D eigenvalue weighted by Crippen LogP contribution is 2.16. The molecular weight excluding hydrogens is 258 g/mol. The molecular formula is C14H21N3O3. The third-order valence-electron chi connectivity index (χ3n) is 2.78. The van der Waals surface area contributed by atoms with Crippen LogP contribution in [0, 0.1) is 0 Å². The number of hydrogen-bond acceptors (Lipinski definition) is 4. The van der Waals surface area contributed by atoms with Crippen molar-refractivity contribution in [3.63, 3.8) is 0 Å². The molecule has 0 saturated carbocycles. The van der Waals surface area contributed by atoms with Gasteiger partial charge in [0.05, 0.1) is 13.7 Å². The fraction of sp³-hybridized carbons (Fsp3) is 0.429. The number of likely N-dealkylation sites (N-methyl/N-ethyl adjacent to an activating group) is 1. The molecule has 0 aliphatic rings. The highest BCUT2D eigenvalue weighted by molar-refractivity contribution is 5.94. The third-order valence-corrected chi connectivity index (χ3v) is 2.78. The first-order valence-electron chi connectivity index (χ1n) is 6.52. The second kappa shape index (κ2) is 8.16. The Balaban J connectivity index is 2.59. The molecule has 0 aromatic heterocycles. The van der Waals surface area contributed by atoms with Crippen molar-refractivity contribution in [2.75, 3.05) is 32.1 Å². The summed E-state index contributed by atoms with van der Waals surface area (Å²) in [5, 5.41) is 2.73. The number of ether oxygens (including phenoxy) is 1. The minimum Gasteiger partial charge on any atom is -0.497 e. The summed E-state index contributed by atoms with van der Waals surface area (Å²) in [6.07, 6.45) is 0.250. The van der Waals surface area contributed by atoms with Crippen LogP contribution >= 0.6 is 0 Å². The van der Waals surface area contributed by atoms with Crippen molar-refractivity contribution >= 4 is 17.5 Å². The number of carbonyl (C=O) groups is 2. The summed E-state index contributed by atoms with van der Waals surface area (Å²) < 4.78 is 5.08. The topological polar surface area (TPSA) is 84.7 Å². The molecule has 1 aromatic rings. The average Bonchev–Trinajstić information content (AvgIpc) is 2.45. The number of nitrogens with two attached hydrogens (primary N) is 1. The van der Waals surface area contributed by atoms with Crippen LogP contribution in [0.2, 0.25) is 0 Å². The Labute approximate surface area is 118 Å². The number of nitrogens with zero attached hydrogens (tertiary/aromatic N) is 1. The Morgan fingerprint density at radius 2 is 2.15 bits per heavy atom. The van der Waals surface area contributed by atoms with Gasteiger partial charge in [0.25, 0.3) is 0 Å². The maximum absolute atomic E-state index is 11.9. The Morgan fingerprint density at radius 1 is 1.40 bits per heavy atom. The van der Waals surface area contributed by atoms with Gasteiger partial charge >= 0.3 is 0 Å². The van der Waals surface area contributed by atoms with Crippen LogP contribution in [0.25, 0.3) is 0 Å². The lowest BCUT2D eigenvalue weighted by atomic mass is 10.3. The lowest BCUT2D eigenvalue weighted by Crippen LogP contribution is -2.38. The number of methoxy groups -OCH3 is 1. The van der Waals surface area contributed by atoms with E-state index in [-0.39, 0.29) is 31.3 Å². The molecule has 0 heterocycles. The predicted octanol–water partition coefficient (Wildman–Crippen LogP) is 0.831. The SMILES string of the molecule is CCN(CC(=O)Nc1cccc(OC)c1)C(=O)CCN. The van der Waals surface area contributed by atoms with Gasteiger partial charge in [-0.1, -0.05) is 6.07 Å². The smallest absolute Gasteiger partial charge is 0.243 e.